The molecular formula is C12H22O4. The van der Waals surface area contributed by atoms with Crippen molar-refractivity contribution in [2.24, 2.45) is 0 Å². The lowest BCUT2D eigenvalue weighted by molar-refractivity contribution is -0.0140. The number of aliphatic hydroxyl groups is 2. The van der Waals surface area contributed by atoms with Gasteiger partial charge in [-0.1, -0.05) is 24.3 Å². The summed E-state index contributed by atoms with van der Waals surface area (Å²) in [7, 11) is 0. The van der Waals surface area contributed by atoms with E-state index in [4.69, 9.17) is 14.6 Å². The quantitative estimate of drug-likeness (QED) is 0.456. The van der Waals surface area contributed by atoms with Gasteiger partial charge in [0.25, 0.3) is 0 Å². The minimum absolute atomic E-state index is 0.0150. The van der Waals surface area contributed by atoms with Gasteiger partial charge in [0.05, 0.1) is 33.0 Å². The molecule has 4 nitrogen and oxygen atoms in total. The standard InChI is InChI=1S/C12H22O4/c1-3-5-12(14,6-4-2)11-16-10-9-15-8-7-13/h3-6,13-14H,7-11H2,1-2H3/b5-3+,6-4+. The maximum Gasteiger partial charge on any atom is 0.124 e. The molecule has 0 atom stereocenters. The summed E-state index contributed by atoms with van der Waals surface area (Å²) in [5.41, 5.74) is -1.04. The van der Waals surface area contributed by atoms with E-state index in [-0.39, 0.29) is 13.2 Å². The fourth-order valence-corrected chi connectivity index (χ4v) is 1.25. The van der Waals surface area contributed by atoms with E-state index in [2.05, 4.69) is 0 Å². The molecule has 0 saturated heterocycles. The molecule has 0 rings (SSSR count). The maximum absolute atomic E-state index is 10.0. The Balaban J connectivity index is 3.77. The number of rotatable bonds is 9. The summed E-state index contributed by atoms with van der Waals surface area (Å²) >= 11 is 0. The molecule has 94 valence electrons. The fraction of sp³-hybridized carbons (Fsp3) is 0.667. The first-order valence-corrected chi connectivity index (χ1v) is 5.45. The Morgan fingerprint density at radius 3 is 2.06 bits per heavy atom. The van der Waals surface area contributed by atoms with Crippen molar-refractivity contribution in [3.05, 3.63) is 24.3 Å². The second-order valence-corrected chi connectivity index (χ2v) is 3.38. The first-order valence-electron chi connectivity index (χ1n) is 5.45. The van der Waals surface area contributed by atoms with Crippen LogP contribution in [0.5, 0.6) is 0 Å². The van der Waals surface area contributed by atoms with Crippen LogP contribution >= 0.6 is 0 Å². The van der Waals surface area contributed by atoms with Gasteiger partial charge in [0, 0.05) is 0 Å². The molecule has 0 aliphatic carbocycles. The Hall–Kier alpha value is -0.680. The molecule has 0 radical (unpaired) electrons. The van der Waals surface area contributed by atoms with E-state index >= 15 is 0 Å². The van der Waals surface area contributed by atoms with Crippen LogP contribution in [0.1, 0.15) is 13.8 Å². The number of hydrogen-bond acceptors (Lipinski definition) is 4. The zero-order chi connectivity index (χ0) is 12.3. The second-order valence-electron chi connectivity index (χ2n) is 3.38. The van der Waals surface area contributed by atoms with Crippen molar-refractivity contribution in [2.75, 3.05) is 33.0 Å². The first kappa shape index (κ1) is 15.3. The van der Waals surface area contributed by atoms with Gasteiger partial charge in [-0.3, -0.25) is 0 Å². The summed E-state index contributed by atoms with van der Waals surface area (Å²) in [6.45, 7) is 5.04. The highest BCUT2D eigenvalue weighted by molar-refractivity contribution is 5.12. The summed E-state index contributed by atoms with van der Waals surface area (Å²) in [4.78, 5) is 0. The van der Waals surface area contributed by atoms with Gasteiger partial charge in [0.15, 0.2) is 0 Å². The van der Waals surface area contributed by atoms with E-state index in [9.17, 15) is 5.11 Å². The number of ether oxygens (including phenoxy) is 2. The third-order valence-electron chi connectivity index (χ3n) is 1.85. The van der Waals surface area contributed by atoms with Crippen molar-refractivity contribution in [3.8, 4) is 0 Å². The summed E-state index contributed by atoms with van der Waals surface area (Å²) in [6, 6.07) is 0. The van der Waals surface area contributed by atoms with Crippen LogP contribution in [-0.2, 0) is 9.47 Å². The summed E-state index contributed by atoms with van der Waals surface area (Å²) < 4.78 is 10.3. The largest absolute Gasteiger partial charge is 0.394 e. The van der Waals surface area contributed by atoms with E-state index in [1.165, 1.54) is 0 Å². The molecule has 0 fully saturated rings. The molecule has 0 heterocycles. The number of hydrogen-bond donors (Lipinski definition) is 2. The van der Waals surface area contributed by atoms with Crippen LogP contribution in [0.25, 0.3) is 0 Å². The van der Waals surface area contributed by atoms with E-state index in [1.807, 2.05) is 13.8 Å². The highest BCUT2D eigenvalue weighted by Gasteiger charge is 2.18. The van der Waals surface area contributed by atoms with Gasteiger partial charge in [-0.15, -0.1) is 0 Å². The number of allylic oxidation sites excluding steroid dienone is 2. The van der Waals surface area contributed by atoms with E-state index < -0.39 is 5.60 Å². The van der Waals surface area contributed by atoms with Crippen molar-refractivity contribution >= 4 is 0 Å². The molecule has 0 aliphatic heterocycles. The lowest BCUT2D eigenvalue weighted by Gasteiger charge is -2.20. The Labute approximate surface area is 97.2 Å². The van der Waals surface area contributed by atoms with Crippen molar-refractivity contribution in [1.82, 2.24) is 0 Å². The highest BCUT2D eigenvalue weighted by atomic mass is 16.5. The summed E-state index contributed by atoms with van der Waals surface area (Å²) in [5, 5.41) is 18.5. The molecule has 0 aromatic heterocycles. The van der Waals surface area contributed by atoms with Gasteiger partial charge in [-0.2, -0.15) is 0 Å². The van der Waals surface area contributed by atoms with Gasteiger partial charge in [0.1, 0.15) is 5.60 Å². The highest BCUT2D eigenvalue weighted by Crippen LogP contribution is 2.09. The van der Waals surface area contributed by atoms with Crippen LogP contribution in [0.3, 0.4) is 0 Å². The summed E-state index contributed by atoms with van der Waals surface area (Å²) in [6.07, 6.45) is 6.93. The molecule has 0 aliphatic rings. The minimum Gasteiger partial charge on any atom is -0.394 e. The third kappa shape index (κ3) is 7.59. The van der Waals surface area contributed by atoms with Crippen LogP contribution < -0.4 is 0 Å². The zero-order valence-corrected chi connectivity index (χ0v) is 10.1. The molecule has 0 aromatic rings. The smallest absolute Gasteiger partial charge is 0.124 e. The van der Waals surface area contributed by atoms with Gasteiger partial charge in [-0.05, 0) is 13.8 Å². The van der Waals surface area contributed by atoms with Crippen LogP contribution in [0.15, 0.2) is 24.3 Å². The normalized spacial score (nSPS) is 13.0. The summed E-state index contributed by atoms with van der Waals surface area (Å²) in [5.74, 6) is 0. The van der Waals surface area contributed by atoms with Crippen molar-refractivity contribution < 1.29 is 19.7 Å². The molecule has 0 bridgehead atoms. The lowest BCUT2D eigenvalue weighted by atomic mass is 10.0. The van der Waals surface area contributed by atoms with Gasteiger partial charge >= 0.3 is 0 Å². The number of aliphatic hydroxyl groups excluding tert-OH is 1. The Morgan fingerprint density at radius 1 is 1.00 bits per heavy atom. The van der Waals surface area contributed by atoms with Crippen LogP contribution in [0.4, 0.5) is 0 Å². The Kier molecular flexibility index (Phi) is 9.13. The molecule has 0 unspecified atom stereocenters. The van der Waals surface area contributed by atoms with E-state index in [1.54, 1.807) is 24.3 Å². The third-order valence-corrected chi connectivity index (χ3v) is 1.85. The second kappa shape index (κ2) is 9.54. The van der Waals surface area contributed by atoms with Gasteiger partial charge < -0.3 is 19.7 Å². The monoisotopic (exact) mass is 230 g/mol. The predicted octanol–water partition coefficient (Wildman–Crippen LogP) is 0.895. The molecule has 2 N–H and O–H groups in total. The molecule has 0 aromatic carbocycles. The average molecular weight is 230 g/mol. The Morgan fingerprint density at radius 2 is 1.56 bits per heavy atom. The fourth-order valence-electron chi connectivity index (χ4n) is 1.25. The minimum atomic E-state index is -1.04. The average Bonchev–Trinajstić information content (AvgIpc) is 2.24. The van der Waals surface area contributed by atoms with E-state index in [0.29, 0.717) is 19.8 Å². The van der Waals surface area contributed by atoms with Gasteiger partial charge in [0.2, 0.25) is 0 Å². The van der Waals surface area contributed by atoms with E-state index in [0.717, 1.165) is 0 Å². The zero-order valence-electron chi connectivity index (χ0n) is 10.1. The van der Waals surface area contributed by atoms with Crippen molar-refractivity contribution in [3.63, 3.8) is 0 Å². The first-order chi connectivity index (χ1) is 7.68. The molecule has 4 heteroatoms. The lowest BCUT2D eigenvalue weighted by Crippen LogP contribution is -2.30. The van der Waals surface area contributed by atoms with Crippen molar-refractivity contribution in [2.45, 2.75) is 19.4 Å². The van der Waals surface area contributed by atoms with Crippen LogP contribution in [0.2, 0.25) is 0 Å². The van der Waals surface area contributed by atoms with Crippen LogP contribution in [-0.4, -0.2) is 48.8 Å². The molecule has 16 heavy (non-hydrogen) atoms. The molecule has 0 amide bonds. The predicted molar refractivity (Wildman–Crippen MR) is 63.3 cm³/mol. The Bertz CT molecular complexity index is 199. The van der Waals surface area contributed by atoms with Gasteiger partial charge in [-0.25, -0.2) is 0 Å². The van der Waals surface area contributed by atoms with Crippen molar-refractivity contribution in [1.29, 1.82) is 0 Å². The molecular weight excluding hydrogens is 208 g/mol. The maximum atomic E-state index is 10.0. The SMILES string of the molecule is C/C=C/C(O)(/C=C/C)COCCOCCO. The molecule has 0 spiro atoms. The molecule has 0 saturated carbocycles. The topological polar surface area (TPSA) is 58.9 Å². The van der Waals surface area contributed by atoms with Crippen LogP contribution in [0, 0.1) is 0 Å².